The summed E-state index contributed by atoms with van der Waals surface area (Å²) in [7, 11) is 0. The Hall–Kier alpha value is -1.50. The van der Waals surface area contributed by atoms with Gasteiger partial charge in [0.15, 0.2) is 0 Å². The number of anilines is 1. The first-order valence-electron chi connectivity index (χ1n) is 5.44. The smallest absolute Gasteiger partial charge is 0.0359 e. The van der Waals surface area contributed by atoms with Crippen molar-refractivity contribution in [2.45, 2.75) is 25.7 Å². The average molecular weight is 197 g/mol. The number of fused-ring (bicyclic) bond motifs is 5. The van der Waals surface area contributed by atoms with Crippen molar-refractivity contribution >= 4 is 5.69 Å². The predicted octanol–water partition coefficient (Wildman–Crippen LogP) is 3.36. The lowest BCUT2D eigenvalue weighted by molar-refractivity contribution is 0.993. The molecule has 2 bridgehead atoms. The second-order valence-electron chi connectivity index (χ2n) is 4.65. The van der Waals surface area contributed by atoms with Crippen LogP contribution < -0.4 is 5.73 Å². The van der Waals surface area contributed by atoms with Gasteiger partial charge in [0, 0.05) is 17.5 Å². The van der Waals surface area contributed by atoms with Gasteiger partial charge >= 0.3 is 0 Å². The fraction of sp³-hybridized carbons (Fsp3) is 0.286. The zero-order valence-corrected chi connectivity index (χ0v) is 9.12. The molecule has 0 radical (unpaired) electrons. The second kappa shape index (κ2) is 2.75. The fourth-order valence-electron chi connectivity index (χ4n) is 3.00. The molecule has 3 rings (SSSR count). The standard InChI is InChI=1S/C14H15N/c1-8(2)13-10-6-7-11(13)14-9(10)4-3-5-12(14)15/h3-7,10-11H,15H2,1-2H3. The molecule has 1 heteroatoms. The van der Waals surface area contributed by atoms with Gasteiger partial charge in [-0.05, 0) is 36.6 Å². The van der Waals surface area contributed by atoms with Crippen molar-refractivity contribution in [3.05, 3.63) is 52.6 Å². The first-order valence-corrected chi connectivity index (χ1v) is 5.44. The molecule has 1 nitrogen and oxygen atoms in total. The maximum Gasteiger partial charge on any atom is 0.0359 e. The van der Waals surface area contributed by atoms with E-state index < -0.39 is 0 Å². The molecule has 15 heavy (non-hydrogen) atoms. The first-order chi connectivity index (χ1) is 7.20. The van der Waals surface area contributed by atoms with Gasteiger partial charge in [-0.15, -0.1) is 0 Å². The molecule has 2 atom stereocenters. The minimum Gasteiger partial charge on any atom is -0.398 e. The highest BCUT2D eigenvalue weighted by molar-refractivity contribution is 5.68. The molecule has 1 aromatic rings. The molecule has 0 amide bonds. The Kier molecular flexibility index (Phi) is 1.61. The Morgan fingerprint density at radius 3 is 2.53 bits per heavy atom. The summed E-state index contributed by atoms with van der Waals surface area (Å²) in [5.41, 5.74) is 12.8. The number of nitrogen functional groups attached to an aromatic ring is 1. The van der Waals surface area contributed by atoms with Gasteiger partial charge in [-0.3, -0.25) is 0 Å². The predicted molar refractivity (Wildman–Crippen MR) is 63.9 cm³/mol. The van der Waals surface area contributed by atoms with Gasteiger partial charge in [-0.25, -0.2) is 0 Å². The van der Waals surface area contributed by atoms with Gasteiger partial charge in [-0.1, -0.05) is 29.9 Å². The highest BCUT2D eigenvalue weighted by atomic mass is 14.6. The quantitative estimate of drug-likeness (QED) is 0.501. The van der Waals surface area contributed by atoms with Crippen molar-refractivity contribution in [1.82, 2.24) is 0 Å². The van der Waals surface area contributed by atoms with E-state index in [1.165, 1.54) is 16.7 Å². The Bertz CT molecular complexity index is 490. The van der Waals surface area contributed by atoms with E-state index in [-0.39, 0.29) is 0 Å². The van der Waals surface area contributed by atoms with Crippen molar-refractivity contribution in [1.29, 1.82) is 0 Å². The van der Waals surface area contributed by atoms with Crippen molar-refractivity contribution in [3.8, 4) is 0 Å². The first kappa shape index (κ1) is 8.78. The van der Waals surface area contributed by atoms with Crippen LogP contribution in [0, 0.1) is 0 Å². The van der Waals surface area contributed by atoms with Gasteiger partial charge in [0.2, 0.25) is 0 Å². The number of nitrogens with two attached hydrogens (primary N) is 1. The average Bonchev–Trinajstić information content (AvgIpc) is 2.73. The monoisotopic (exact) mass is 197 g/mol. The molecule has 2 aliphatic carbocycles. The Balaban J connectivity index is 2.29. The minimum absolute atomic E-state index is 0.455. The molecule has 0 aromatic heterocycles. The van der Waals surface area contributed by atoms with Crippen LogP contribution >= 0.6 is 0 Å². The SMILES string of the molecule is CC(C)=C1C2C=CC1c1c(N)cccc12. The largest absolute Gasteiger partial charge is 0.398 e. The molecular weight excluding hydrogens is 182 g/mol. The fourth-order valence-corrected chi connectivity index (χ4v) is 3.00. The molecule has 76 valence electrons. The summed E-state index contributed by atoms with van der Waals surface area (Å²) in [6.07, 6.45) is 4.61. The topological polar surface area (TPSA) is 26.0 Å². The van der Waals surface area contributed by atoms with Gasteiger partial charge in [0.25, 0.3) is 0 Å². The van der Waals surface area contributed by atoms with E-state index in [9.17, 15) is 0 Å². The third-order valence-electron chi connectivity index (χ3n) is 3.56. The lowest BCUT2D eigenvalue weighted by atomic mass is 9.95. The van der Waals surface area contributed by atoms with E-state index >= 15 is 0 Å². The molecule has 0 saturated carbocycles. The van der Waals surface area contributed by atoms with E-state index in [0.29, 0.717) is 11.8 Å². The molecule has 2 N–H and O–H groups in total. The normalized spacial score (nSPS) is 25.9. The summed E-state index contributed by atoms with van der Waals surface area (Å²) in [6, 6.07) is 6.28. The molecule has 0 saturated heterocycles. The highest BCUT2D eigenvalue weighted by Crippen LogP contribution is 2.55. The number of hydrogen-bond donors (Lipinski definition) is 1. The highest BCUT2D eigenvalue weighted by Gasteiger charge is 2.38. The summed E-state index contributed by atoms with van der Waals surface area (Å²) < 4.78 is 0. The van der Waals surface area contributed by atoms with Crippen LogP contribution in [0.25, 0.3) is 0 Å². The van der Waals surface area contributed by atoms with E-state index in [0.717, 1.165) is 5.69 Å². The van der Waals surface area contributed by atoms with Gasteiger partial charge in [0.05, 0.1) is 0 Å². The zero-order chi connectivity index (χ0) is 10.6. The van der Waals surface area contributed by atoms with Crippen molar-refractivity contribution in [2.24, 2.45) is 0 Å². The van der Waals surface area contributed by atoms with E-state index in [4.69, 9.17) is 5.73 Å². The third kappa shape index (κ3) is 0.980. The lowest BCUT2D eigenvalue weighted by Gasteiger charge is -2.11. The number of allylic oxidation sites excluding steroid dienone is 4. The molecule has 0 aliphatic heterocycles. The Morgan fingerprint density at radius 2 is 1.87 bits per heavy atom. The van der Waals surface area contributed by atoms with Crippen LogP contribution in [0.4, 0.5) is 5.69 Å². The van der Waals surface area contributed by atoms with Crippen LogP contribution in [0.3, 0.4) is 0 Å². The van der Waals surface area contributed by atoms with Gasteiger partial charge in [0.1, 0.15) is 0 Å². The summed E-state index contributed by atoms with van der Waals surface area (Å²) in [6.45, 7) is 4.40. The van der Waals surface area contributed by atoms with Gasteiger partial charge < -0.3 is 5.73 Å². The van der Waals surface area contributed by atoms with Crippen LogP contribution in [0.15, 0.2) is 41.5 Å². The summed E-state index contributed by atoms with van der Waals surface area (Å²) in [5, 5.41) is 0. The zero-order valence-electron chi connectivity index (χ0n) is 9.12. The molecule has 0 spiro atoms. The maximum atomic E-state index is 6.06. The summed E-state index contributed by atoms with van der Waals surface area (Å²) >= 11 is 0. The van der Waals surface area contributed by atoms with Crippen molar-refractivity contribution in [2.75, 3.05) is 5.73 Å². The summed E-state index contributed by atoms with van der Waals surface area (Å²) in [5.74, 6) is 0.953. The molecule has 0 fully saturated rings. The van der Waals surface area contributed by atoms with E-state index in [2.05, 4.69) is 38.1 Å². The van der Waals surface area contributed by atoms with Crippen LogP contribution in [0.1, 0.15) is 36.8 Å². The van der Waals surface area contributed by atoms with Crippen LogP contribution in [-0.4, -0.2) is 0 Å². The van der Waals surface area contributed by atoms with Crippen LogP contribution in [-0.2, 0) is 0 Å². The molecule has 2 unspecified atom stereocenters. The maximum absolute atomic E-state index is 6.06. The van der Waals surface area contributed by atoms with Gasteiger partial charge in [-0.2, -0.15) is 0 Å². The van der Waals surface area contributed by atoms with Crippen LogP contribution in [0.5, 0.6) is 0 Å². The Labute approximate surface area is 90.3 Å². The second-order valence-corrected chi connectivity index (χ2v) is 4.65. The minimum atomic E-state index is 0.455. The lowest BCUT2D eigenvalue weighted by Crippen LogP contribution is -1.98. The van der Waals surface area contributed by atoms with Crippen LogP contribution in [0.2, 0.25) is 0 Å². The molecular formula is C14H15N. The Morgan fingerprint density at radius 1 is 1.13 bits per heavy atom. The molecule has 0 heterocycles. The number of benzene rings is 1. The number of rotatable bonds is 0. The van der Waals surface area contributed by atoms with Crippen molar-refractivity contribution in [3.63, 3.8) is 0 Å². The van der Waals surface area contributed by atoms with E-state index in [1.807, 2.05) is 6.07 Å². The third-order valence-corrected chi connectivity index (χ3v) is 3.56. The number of hydrogen-bond acceptors (Lipinski definition) is 1. The molecule has 2 aliphatic rings. The van der Waals surface area contributed by atoms with Crippen molar-refractivity contribution < 1.29 is 0 Å². The van der Waals surface area contributed by atoms with E-state index in [1.54, 1.807) is 5.57 Å². The molecule has 1 aromatic carbocycles. The summed E-state index contributed by atoms with van der Waals surface area (Å²) in [4.78, 5) is 0.